The van der Waals surface area contributed by atoms with Crippen LogP contribution in [0.25, 0.3) is 23.1 Å². The van der Waals surface area contributed by atoms with Crippen molar-refractivity contribution in [3.05, 3.63) is 64.7 Å². The second-order valence-electron chi connectivity index (χ2n) is 5.47. The highest BCUT2D eigenvalue weighted by Gasteiger charge is 1.99. The van der Waals surface area contributed by atoms with Gasteiger partial charge in [-0.25, -0.2) is 0 Å². The molecule has 0 radical (unpaired) electrons. The zero-order valence-electron chi connectivity index (χ0n) is 13.2. The van der Waals surface area contributed by atoms with Gasteiger partial charge in [0.05, 0.1) is 5.69 Å². The number of nitrogens with zero attached hydrogens (tertiary/aromatic N) is 1. The minimum Gasteiger partial charge on any atom is -0.354 e. The van der Waals surface area contributed by atoms with Crippen molar-refractivity contribution in [2.45, 2.75) is 20.8 Å². The van der Waals surface area contributed by atoms with Gasteiger partial charge in [-0.2, -0.15) is 0 Å². The highest BCUT2D eigenvalue weighted by Crippen LogP contribution is 2.17. The average molecular weight is 288 g/mol. The normalized spacial score (nSPS) is 14.0. The highest BCUT2D eigenvalue weighted by atomic mass is 14.7. The third-order valence-corrected chi connectivity index (χ3v) is 3.83. The maximum Gasteiger partial charge on any atom is 0.0661 e. The number of benzene rings is 2. The maximum absolute atomic E-state index is 4.73. The first-order valence-corrected chi connectivity index (χ1v) is 7.55. The Balaban J connectivity index is 2.15. The fourth-order valence-corrected chi connectivity index (χ4v) is 2.73. The Kier molecular flexibility index (Phi) is 3.92. The molecule has 0 atom stereocenters. The number of aliphatic imine (C=N–C) groups is 1. The van der Waals surface area contributed by atoms with Crippen LogP contribution in [0.15, 0.2) is 53.5 Å². The molecular weight excluding hydrogens is 268 g/mol. The molecule has 0 aliphatic rings. The Hall–Kier alpha value is -2.61. The summed E-state index contributed by atoms with van der Waals surface area (Å²) >= 11 is 0. The highest BCUT2D eigenvalue weighted by molar-refractivity contribution is 6.09. The smallest absolute Gasteiger partial charge is 0.0661 e. The number of hydrogen-bond donors (Lipinski definition) is 1. The molecule has 22 heavy (non-hydrogen) atoms. The zero-order chi connectivity index (χ0) is 15.5. The summed E-state index contributed by atoms with van der Waals surface area (Å²) in [5, 5.41) is 3.59. The molecule has 0 aliphatic carbocycles. The summed E-state index contributed by atoms with van der Waals surface area (Å²) in [5.41, 5.74) is 4.36. The molecule has 3 aromatic rings. The van der Waals surface area contributed by atoms with E-state index in [9.17, 15) is 0 Å². The molecule has 0 unspecified atom stereocenters. The Morgan fingerprint density at radius 3 is 2.55 bits per heavy atom. The topological polar surface area (TPSA) is 28.1 Å². The van der Waals surface area contributed by atoms with Gasteiger partial charge in [0.2, 0.25) is 0 Å². The average Bonchev–Trinajstić information content (AvgIpc) is 2.86. The molecule has 1 heterocycles. The summed E-state index contributed by atoms with van der Waals surface area (Å²) in [6, 6.07) is 16.6. The van der Waals surface area contributed by atoms with Crippen molar-refractivity contribution in [1.29, 1.82) is 0 Å². The van der Waals surface area contributed by atoms with Crippen LogP contribution in [0.5, 0.6) is 0 Å². The molecule has 0 saturated carbocycles. The fourth-order valence-electron chi connectivity index (χ4n) is 2.73. The Bertz CT molecular complexity index is 959. The summed E-state index contributed by atoms with van der Waals surface area (Å²) in [6.45, 7) is 6.19. The third kappa shape index (κ3) is 2.73. The van der Waals surface area contributed by atoms with E-state index in [-0.39, 0.29) is 0 Å². The molecule has 0 fully saturated rings. The van der Waals surface area contributed by atoms with E-state index in [1.165, 1.54) is 16.2 Å². The van der Waals surface area contributed by atoms with Crippen LogP contribution in [0, 0.1) is 6.92 Å². The molecule has 0 bridgehead atoms. The maximum atomic E-state index is 4.73. The molecular formula is C20H20N2. The molecule has 1 N–H and O–H groups in total. The van der Waals surface area contributed by atoms with E-state index in [1.54, 1.807) is 0 Å². The lowest BCUT2D eigenvalue weighted by atomic mass is 10.2. The monoisotopic (exact) mass is 288 g/mol. The summed E-state index contributed by atoms with van der Waals surface area (Å²) in [7, 11) is 0. The molecule has 3 rings (SSSR count). The lowest BCUT2D eigenvalue weighted by Gasteiger charge is -1.99. The van der Waals surface area contributed by atoms with Crippen LogP contribution < -0.4 is 10.6 Å². The third-order valence-electron chi connectivity index (χ3n) is 3.83. The number of rotatable bonds is 2. The first-order valence-electron chi connectivity index (χ1n) is 7.55. The number of para-hydroxylation sites is 2. The van der Waals surface area contributed by atoms with Crippen LogP contribution in [-0.4, -0.2) is 10.7 Å². The summed E-state index contributed by atoms with van der Waals surface area (Å²) in [4.78, 5) is 8.21. The van der Waals surface area contributed by atoms with Crippen LogP contribution in [0.1, 0.15) is 19.4 Å². The van der Waals surface area contributed by atoms with E-state index < -0.39 is 0 Å². The van der Waals surface area contributed by atoms with Crippen molar-refractivity contribution < 1.29 is 0 Å². The minimum atomic E-state index is 0.990. The Labute approximate surface area is 130 Å². The van der Waals surface area contributed by atoms with Crippen LogP contribution in [0.4, 0.5) is 5.69 Å². The molecule has 2 heteroatoms. The predicted octanol–water partition coefficient (Wildman–Crippen LogP) is 3.85. The molecule has 2 nitrogen and oxygen atoms in total. The van der Waals surface area contributed by atoms with Crippen LogP contribution >= 0.6 is 0 Å². The zero-order valence-corrected chi connectivity index (χ0v) is 13.2. The number of hydrogen-bond acceptors (Lipinski definition) is 1. The lowest BCUT2D eigenvalue weighted by molar-refractivity contribution is 1.35. The second-order valence-corrected chi connectivity index (χ2v) is 5.47. The number of H-pyrrole nitrogens is 1. The summed E-state index contributed by atoms with van der Waals surface area (Å²) in [5.74, 6) is 0. The molecule has 110 valence electrons. The van der Waals surface area contributed by atoms with E-state index in [0.29, 0.717) is 0 Å². The molecule has 0 saturated heterocycles. The van der Waals surface area contributed by atoms with E-state index in [4.69, 9.17) is 4.99 Å². The van der Waals surface area contributed by atoms with E-state index in [1.807, 2.05) is 25.1 Å². The quantitative estimate of drug-likeness (QED) is 0.694. The van der Waals surface area contributed by atoms with Gasteiger partial charge in [0.15, 0.2) is 0 Å². The standard InChI is InChI=1S/C20H20N2/c1-4-16-17-10-6-8-12-19(17)22-20(16)13-15(3)21-18-11-7-5-9-14(18)2/h4-13,22H,1-3H3/b16-4-,20-13+,21-15?. The molecule has 0 amide bonds. The second kappa shape index (κ2) is 6.02. The number of fused-ring (bicyclic) bond motifs is 1. The van der Waals surface area contributed by atoms with Crippen molar-refractivity contribution >= 4 is 34.5 Å². The van der Waals surface area contributed by atoms with Gasteiger partial charge in [-0.15, -0.1) is 0 Å². The SMILES string of the molecule is C/C=c1\c(=C/C(C)=Nc2ccccc2C)[nH]c2ccccc12. The van der Waals surface area contributed by atoms with Gasteiger partial charge in [0.1, 0.15) is 0 Å². The van der Waals surface area contributed by atoms with Crippen molar-refractivity contribution in [1.82, 2.24) is 4.98 Å². The van der Waals surface area contributed by atoms with E-state index in [2.05, 4.69) is 61.3 Å². The van der Waals surface area contributed by atoms with Gasteiger partial charge in [-0.05, 0) is 44.5 Å². The number of aromatic amines is 1. The van der Waals surface area contributed by atoms with Crippen LogP contribution in [0.3, 0.4) is 0 Å². The van der Waals surface area contributed by atoms with Crippen molar-refractivity contribution in [3.8, 4) is 0 Å². The Morgan fingerprint density at radius 1 is 1.05 bits per heavy atom. The van der Waals surface area contributed by atoms with Gasteiger partial charge < -0.3 is 4.98 Å². The fraction of sp³-hybridized carbons (Fsp3) is 0.150. The number of nitrogens with one attached hydrogen (secondary N) is 1. The van der Waals surface area contributed by atoms with Crippen LogP contribution in [-0.2, 0) is 0 Å². The van der Waals surface area contributed by atoms with Crippen molar-refractivity contribution in [2.75, 3.05) is 0 Å². The van der Waals surface area contributed by atoms with Gasteiger partial charge in [-0.3, -0.25) is 4.99 Å². The number of aryl methyl sites for hydroxylation is 1. The number of aromatic nitrogens is 1. The van der Waals surface area contributed by atoms with Gasteiger partial charge in [0.25, 0.3) is 0 Å². The van der Waals surface area contributed by atoms with Crippen molar-refractivity contribution in [3.63, 3.8) is 0 Å². The van der Waals surface area contributed by atoms with Crippen LogP contribution in [0.2, 0.25) is 0 Å². The summed E-state index contributed by atoms with van der Waals surface area (Å²) < 4.78 is 0. The predicted molar refractivity (Wildman–Crippen MR) is 96.1 cm³/mol. The Morgan fingerprint density at radius 2 is 1.77 bits per heavy atom. The molecule has 1 aromatic heterocycles. The van der Waals surface area contributed by atoms with Gasteiger partial charge >= 0.3 is 0 Å². The van der Waals surface area contributed by atoms with Gasteiger partial charge in [-0.1, -0.05) is 42.5 Å². The van der Waals surface area contributed by atoms with E-state index in [0.717, 1.165) is 22.3 Å². The largest absolute Gasteiger partial charge is 0.354 e. The lowest BCUT2D eigenvalue weighted by Crippen LogP contribution is -2.23. The molecule has 2 aromatic carbocycles. The first-order chi connectivity index (χ1) is 10.7. The molecule has 0 spiro atoms. The summed E-state index contributed by atoms with van der Waals surface area (Å²) in [6.07, 6.45) is 4.26. The first kappa shape index (κ1) is 14.3. The van der Waals surface area contributed by atoms with Gasteiger partial charge in [0, 0.05) is 27.2 Å². The van der Waals surface area contributed by atoms with E-state index >= 15 is 0 Å². The minimum absolute atomic E-state index is 0.990. The molecule has 0 aliphatic heterocycles. The van der Waals surface area contributed by atoms with Crippen molar-refractivity contribution in [2.24, 2.45) is 4.99 Å².